The first-order valence-electron chi connectivity index (χ1n) is 10.5. The maximum Gasteiger partial charge on any atom is 0.244 e. The lowest BCUT2D eigenvalue weighted by Crippen LogP contribution is -2.52. The van der Waals surface area contributed by atoms with Gasteiger partial charge in [-0.25, -0.2) is 12.8 Å². The summed E-state index contributed by atoms with van der Waals surface area (Å²) >= 11 is 0. The second kappa shape index (κ2) is 11.6. The van der Waals surface area contributed by atoms with Crippen LogP contribution in [-0.2, 0) is 26.2 Å². The Bertz CT molecular complexity index is 998. The molecule has 0 aliphatic rings. The quantitative estimate of drug-likeness (QED) is 0.555. The summed E-state index contributed by atoms with van der Waals surface area (Å²) < 4.78 is 39.2. The van der Waals surface area contributed by atoms with Gasteiger partial charge in [0.1, 0.15) is 18.4 Å². The van der Waals surface area contributed by atoms with Crippen LogP contribution in [-0.4, -0.2) is 50.5 Å². The average molecular weight is 464 g/mol. The van der Waals surface area contributed by atoms with Gasteiger partial charge in [0.05, 0.1) is 11.9 Å². The van der Waals surface area contributed by atoms with Crippen molar-refractivity contribution in [1.82, 2.24) is 10.2 Å². The van der Waals surface area contributed by atoms with Crippen LogP contribution in [0.25, 0.3) is 0 Å². The molecule has 0 heterocycles. The first-order valence-corrected chi connectivity index (χ1v) is 12.4. The number of hydrogen-bond acceptors (Lipinski definition) is 4. The van der Waals surface area contributed by atoms with Crippen LogP contribution in [0.3, 0.4) is 0 Å². The van der Waals surface area contributed by atoms with E-state index in [1.165, 1.54) is 29.2 Å². The molecule has 7 nitrogen and oxygen atoms in total. The number of nitrogens with zero attached hydrogens (tertiary/aromatic N) is 2. The number of sulfonamides is 1. The molecule has 32 heavy (non-hydrogen) atoms. The Morgan fingerprint density at radius 2 is 1.66 bits per heavy atom. The van der Waals surface area contributed by atoms with Crippen LogP contribution in [0, 0.1) is 5.82 Å². The van der Waals surface area contributed by atoms with Crippen molar-refractivity contribution in [2.75, 3.05) is 23.7 Å². The highest BCUT2D eigenvalue weighted by Gasteiger charge is 2.31. The topological polar surface area (TPSA) is 86.8 Å². The van der Waals surface area contributed by atoms with Crippen molar-refractivity contribution in [3.05, 3.63) is 66.0 Å². The molecule has 174 valence electrons. The van der Waals surface area contributed by atoms with Gasteiger partial charge in [-0.15, -0.1) is 0 Å². The van der Waals surface area contributed by atoms with Gasteiger partial charge in [-0.05, 0) is 42.7 Å². The number of rotatable bonds is 11. The molecule has 0 aliphatic carbocycles. The van der Waals surface area contributed by atoms with Gasteiger partial charge < -0.3 is 10.2 Å². The highest BCUT2D eigenvalue weighted by Crippen LogP contribution is 2.19. The number of halogens is 1. The Morgan fingerprint density at radius 1 is 1.03 bits per heavy atom. The molecule has 1 unspecified atom stereocenters. The van der Waals surface area contributed by atoms with Crippen molar-refractivity contribution in [1.29, 1.82) is 0 Å². The standard InChI is InChI=1S/C23H30FN3O4S/c1-4-15-25-23(29)21(5-2)26(16-18-11-13-19(24)14-12-18)22(28)17-27(32(3,30)31)20-9-7-6-8-10-20/h6-14,21H,4-5,15-17H2,1-3H3,(H,25,29). The van der Waals surface area contributed by atoms with Crippen LogP contribution in [0.4, 0.5) is 10.1 Å². The van der Waals surface area contributed by atoms with E-state index in [4.69, 9.17) is 0 Å². The zero-order chi connectivity index (χ0) is 23.7. The molecular formula is C23H30FN3O4S. The number of hydrogen-bond donors (Lipinski definition) is 1. The number of carbonyl (C=O) groups excluding carboxylic acids is 2. The SMILES string of the molecule is CCCNC(=O)C(CC)N(Cc1ccc(F)cc1)C(=O)CN(c1ccccc1)S(C)(=O)=O. The van der Waals surface area contributed by atoms with Crippen molar-refractivity contribution in [2.24, 2.45) is 0 Å². The monoisotopic (exact) mass is 463 g/mol. The van der Waals surface area contributed by atoms with E-state index in [9.17, 15) is 22.4 Å². The van der Waals surface area contributed by atoms with E-state index < -0.39 is 34.3 Å². The molecule has 0 radical (unpaired) electrons. The molecule has 2 aromatic carbocycles. The molecule has 9 heteroatoms. The minimum Gasteiger partial charge on any atom is -0.354 e. The van der Waals surface area contributed by atoms with Gasteiger partial charge in [-0.1, -0.05) is 44.2 Å². The Kier molecular flexibility index (Phi) is 9.19. The third-order valence-corrected chi connectivity index (χ3v) is 6.07. The third kappa shape index (κ3) is 7.05. The summed E-state index contributed by atoms with van der Waals surface area (Å²) in [5.41, 5.74) is 0.987. The van der Waals surface area contributed by atoms with E-state index >= 15 is 0 Å². The van der Waals surface area contributed by atoms with Crippen molar-refractivity contribution < 1.29 is 22.4 Å². The second-order valence-electron chi connectivity index (χ2n) is 7.47. The smallest absolute Gasteiger partial charge is 0.244 e. The van der Waals surface area contributed by atoms with Gasteiger partial charge in [-0.3, -0.25) is 13.9 Å². The fourth-order valence-corrected chi connectivity index (χ4v) is 4.13. The molecule has 0 saturated heterocycles. The lowest BCUT2D eigenvalue weighted by molar-refractivity contribution is -0.140. The first kappa shape index (κ1) is 25.3. The van der Waals surface area contributed by atoms with E-state index in [1.807, 2.05) is 6.92 Å². The predicted octanol–water partition coefficient (Wildman–Crippen LogP) is 2.93. The van der Waals surface area contributed by atoms with Crippen LogP contribution < -0.4 is 9.62 Å². The minimum atomic E-state index is -3.76. The molecule has 1 atom stereocenters. The Morgan fingerprint density at radius 3 is 2.19 bits per heavy atom. The fourth-order valence-electron chi connectivity index (χ4n) is 3.28. The van der Waals surface area contributed by atoms with E-state index in [0.29, 0.717) is 24.2 Å². The minimum absolute atomic E-state index is 0.0452. The lowest BCUT2D eigenvalue weighted by Gasteiger charge is -2.32. The Hall–Kier alpha value is -2.94. The van der Waals surface area contributed by atoms with E-state index in [1.54, 1.807) is 37.3 Å². The molecule has 0 bridgehead atoms. The second-order valence-corrected chi connectivity index (χ2v) is 9.38. The normalized spacial score (nSPS) is 12.1. The van der Waals surface area contributed by atoms with Crippen molar-refractivity contribution in [3.8, 4) is 0 Å². The van der Waals surface area contributed by atoms with Crippen LogP contribution >= 0.6 is 0 Å². The summed E-state index contributed by atoms with van der Waals surface area (Å²) in [5.74, 6) is -1.25. The maximum atomic E-state index is 13.4. The third-order valence-electron chi connectivity index (χ3n) is 4.92. The molecule has 0 spiro atoms. The van der Waals surface area contributed by atoms with Gasteiger partial charge in [-0.2, -0.15) is 0 Å². The van der Waals surface area contributed by atoms with Gasteiger partial charge in [0.2, 0.25) is 21.8 Å². The number of carbonyl (C=O) groups is 2. The van der Waals surface area contributed by atoms with Crippen LogP contribution in [0.2, 0.25) is 0 Å². The number of benzene rings is 2. The molecule has 2 aromatic rings. The predicted molar refractivity (Wildman–Crippen MR) is 123 cm³/mol. The summed E-state index contributed by atoms with van der Waals surface area (Å²) in [5, 5.41) is 2.80. The van der Waals surface area contributed by atoms with Crippen LogP contribution in [0.5, 0.6) is 0 Å². The van der Waals surface area contributed by atoms with Crippen LogP contribution in [0.15, 0.2) is 54.6 Å². The largest absolute Gasteiger partial charge is 0.354 e. The number of anilines is 1. The zero-order valence-electron chi connectivity index (χ0n) is 18.6. The Labute approximate surface area is 189 Å². The fraction of sp³-hybridized carbons (Fsp3) is 0.391. The van der Waals surface area contributed by atoms with Crippen molar-refractivity contribution in [3.63, 3.8) is 0 Å². The molecule has 2 amide bonds. The molecule has 0 fully saturated rings. The van der Waals surface area contributed by atoms with Crippen molar-refractivity contribution in [2.45, 2.75) is 39.3 Å². The van der Waals surface area contributed by atoms with Gasteiger partial charge >= 0.3 is 0 Å². The summed E-state index contributed by atoms with van der Waals surface area (Å²) in [4.78, 5) is 27.5. The zero-order valence-corrected chi connectivity index (χ0v) is 19.4. The molecule has 0 saturated carbocycles. The molecule has 2 rings (SSSR count). The summed E-state index contributed by atoms with van der Waals surface area (Å²) in [6.45, 7) is 3.76. The van der Waals surface area contributed by atoms with E-state index in [0.717, 1.165) is 17.0 Å². The first-order chi connectivity index (χ1) is 15.2. The van der Waals surface area contributed by atoms with Gasteiger partial charge in [0.15, 0.2) is 0 Å². The number of amides is 2. The molecule has 0 aromatic heterocycles. The van der Waals surface area contributed by atoms with E-state index in [-0.39, 0.29) is 12.5 Å². The van der Waals surface area contributed by atoms with Crippen LogP contribution in [0.1, 0.15) is 32.3 Å². The summed E-state index contributed by atoms with van der Waals surface area (Å²) in [6, 6.07) is 13.2. The summed E-state index contributed by atoms with van der Waals surface area (Å²) in [6.07, 6.45) is 2.11. The Balaban J connectivity index is 2.38. The summed E-state index contributed by atoms with van der Waals surface area (Å²) in [7, 11) is -3.76. The number of para-hydroxylation sites is 1. The molecule has 0 aliphatic heterocycles. The lowest BCUT2D eigenvalue weighted by atomic mass is 10.1. The molecule has 1 N–H and O–H groups in total. The number of nitrogens with one attached hydrogen (secondary N) is 1. The maximum absolute atomic E-state index is 13.4. The highest BCUT2D eigenvalue weighted by atomic mass is 32.2. The average Bonchev–Trinajstić information content (AvgIpc) is 2.76. The molecular weight excluding hydrogens is 433 g/mol. The van der Waals surface area contributed by atoms with Gasteiger partial charge in [0.25, 0.3) is 0 Å². The highest BCUT2D eigenvalue weighted by molar-refractivity contribution is 7.92. The van der Waals surface area contributed by atoms with E-state index in [2.05, 4.69) is 5.32 Å². The van der Waals surface area contributed by atoms with Gasteiger partial charge in [0, 0.05) is 13.1 Å². The van der Waals surface area contributed by atoms with Crippen molar-refractivity contribution >= 4 is 27.5 Å².